The molecule has 0 unspecified atom stereocenters. The van der Waals surface area contributed by atoms with Crippen molar-refractivity contribution in [2.24, 2.45) is 0 Å². The average Bonchev–Trinajstić information content (AvgIpc) is 2.61. The molecule has 0 radical (unpaired) electrons. The van der Waals surface area contributed by atoms with Gasteiger partial charge in [0.15, 0.2) is 0 Å². The first kappa shape index (κ1) is 8.00. The summed E-state index contributed by atoms with van der Waals surface area (Å²) in [7, 11) is 0. The summed E-state index contributed by atoms with van der Waals surface area (Å²) in [5.41, 5.74) is 6.89. The van der Waals surface area contributed by atoms with Gasteiger partial charge in [0.25, 0.3) is 0 Å². The molecule has 0 atom stereocenters. The van der Waals surface area contributed by atoms with Crippen LogP contribution in [0.25, 0.3) is 5.69 Å². The van der Waals surface area contributed by atoms with Crippen LogP contribution in [-0.4, -0.2) is 20.2 Å². The Morgan fingerprint density at radius 2 is 2.23 bits per heavy atom. The lowest BCUT2D eigenvalue weighted by atomic mass is 10.3. The molecule has 0 saturated carbocycles. The molecule has 13 heavy (non-hydrogen) atoms. The SMILES string of the molecule is Nc1ccc(Cl)c(-n2cnnn2)c1. The van der Waals surface area contributed by atoms with E-state index in [1.54, 1.807) is 18.2 Å². The molecule has 2 rings (SSSR count). The van der Waals surface area contributed by atoms with E-state index in [2.05, 4.69) is 15.5 Å². The second-order valence-electron chi connectivity index (χ2n) is 2.47. The van der Waals surface area contributed by atoms with Gasteiger partial charge in [-0.2, -0.15) is 4.68 Å². The van der Waals surface area contributed by atoms with Gasteiger partial charge in [0, 0.05) is 5.69 Å². The molecule has 66 valence electrons. The quantitative estimate of drug-likeness (QED) is 0.687. The molecule has 5 nitrogen and oxygen atoms in total. The second-order valence-corrected chi connectivity index (χ2v) is 2.87. The minimum Gasteiger partial charge on any atom is -0.399 e. The average molecular weight is 196 g/mol. The third-order valence-corrected chi connectivity index (χ3v) is 1.89. The van der Waals surface area contributed by atoms with Crippen LogP contribution in [0.3, 0.4) is 0 Å². The van der Waals surface area contributed by atoms with E-state index in [0.29, 0.717) is 16.4 Å². The molecule has 0 aliphatic carbocycles. The molecule has 2 N–H and O–H groups in total. The maximum Gasteiger partial charge on any atom is 0.143 e. The molecule has 0 amide bonds. The van der Waals surface area contributed by atoms with Gasteiger partial charge in [0.2, 0.25) is 0 Å². The van der Waals surface area contributed by atoms with Crippen molar-refractivity contribution in [2.45, 2.75) is 0 Å². The minimum absolute atomic E-state index is 0.557. The zero-order chi connectivity index (χ0) is 9.26. The van der Waals surface area contributed by atoms with Crippen molar-refractivity contribution in [3.8, 4) is 5.69 Å². The number of hydrogen-bond acceptors (Lipinski definition) is 4. The predicted octanol–water partition coefficient (Wildman–Crippen LogP) is 0.898. The Kier molecular flexibility index (Phi) is 1.86. The Bertz CT molecular complexity index is 411. The highest BCUT2D eigenvalue weighted by Gasteiger charge is 2.03. The first-order valence-electron chi connectivity index (χ1n) is 3.56. The first-order chi connectivity index (χ1) is 6.27. The van der Waals surface area contributed by atoms with Gasteiger partial charge in [-0.25, -0.2) is 0 Å². The van der Waals surface area contributed by atoms with Crippen molar-refractivity contribution in [1.29, 1.82) is 0 Å². The van der Waals surface area contributed by atoms with Crippen LogP contribution in [0.15, 0.2) is 24.5 Å². The topological polar surface area (TPSA) is 69.6 Å². The van der Waals surface area contributed by atoms with Crippen LogP contribution in [0.5, 0.6) is 0 Å². The van der Waals surface area contributed by atoms with Crippen LogP contribution in [0.1, 0.15) is 0 Å². The fourth-order valence-electron chi connectivity index (χ4n) is 0.977. The standard InChI is InChI=1S/C7H6ClN5/c8-6-2-1-5(9)3-7(6)13-4-10-11-12-13/h1-4H,9H2. The molecule has 1 aromatic carbocycles. The van der Waals surface area contributed by atoms with E-state index in [-0.39, 0.29) is 0 Å². The summed E-state index contributed by atoms with van der Waals surface area (Å²) in [6.45, 7) is 0. The molecule has 0 bridgehead atoms. The molecule has 0 aliphatic rings. The molecule has 0 fully saturated rings. The number of anilines is 1. The maximum atomic E-state index is 5.92. The van der Waals surface area contributed by atoms with Crippen LogP contribution in [0, 0.1) is 0 Å². The van der Waals surface area contributed by atoms with Crippen LogP contribution in [-0.2, 0) is 0 Å². The zero-order valence-corrected chi connectivity index (χ0v) is 7.31. The number of hydrogen-bond donors (Lipinski definition) is 1. The van der Waals surface area contributed by atoms with Crippen molar-refractivity contribution in [3.63, 3.8) is 0 Å². The van der Waals surface area contributed by atoms with Gasteiger partial charge < -0.3 is 5.73 Å². The Morgan fingerprint density at radius 1 is 1.38 bits per heavy atom. The fraction of sp³-hybridized carbons (Fsp3) is 0. The van der Waals surface area contributed by atoms with Gasteiger partial charge in [-0.1, -0.05) is 11.6 Å². The summed E-state index contributed by atoms with van der Waals surface area (Å²) >= 11 is 5.92. The van der Waals surface area contributed by atoms with Crippen LogP contribution in [0.4, 0.5) is 5.69 Å². The Balaban J connectivity index is 2.57. The number of benzene rings is 1. The first-order valence-corrected chi connectivity index (χ1v) is 3.93. The molecule has 2 aromatic rings. The van der Waals surface area contributed by atoms with E-state index < -0.39 is 0 Å². The molecule has 0 spiro atoms. The molecule has 0 saturated heterocycles. The van der Waals surface area contributed by atoms with Gasteiger partial charge >= 0.3 is 0 Å². The molecule has 1 aromatic heterocycles. The van der Waals surface area contributed by atoms with E-state index >= 15 is 0 Å². The van der Waals surface area contributed by atoms with Crippen molar-refractivity contribution < 1.29 is 0 Å². The highest BCUT2D eigenvalue weighted by atomic mass is 35.5. The van der Waals surface area contributed by atoms with E-state index in [1.807, 2.05) is 0 Å². The molecule has 6 heteroatoms. The number of nitrogens with zero attached hydrogens (tertiary/aromatic N) is 4. The Labute approximate surface area is 79.1 Å². The molecule has 1 heterocycles. The normalized spacial score (nSPS) is 10.2. The minimum atomic E-state index is 0.557. The van der Waals surface area contributed by atoms with E-state index in [4.69, 9.17) is 17.3 Å². The summed E-state index contributed by atoms with van der Waals surface area (Å²) in [6, 6.07) is 5.13. The van der Waals surface area contributed by atoms with E-state index in [9.17, 15) is 0 Å². The van der Waals surface area contributed by atoms with Crippen LogP contribution in [0.2, 0.25) is 5.02 Å². The summed E-state index contributed by atoms with van der Waals surface area (Å²) in [5.74, 6) is 0. The Morgan fingerprint density at radius 3 is 2.92 bits per heavy atom. The number of halogens is 1. The lowest BCUT2D eigenvalue weighted by Gasteiger charge is -2.02. The monoisotopic (exact) mass is 195 g/mol. The van der Waals surface area contributed by atoms with Gasteiger partial charge in [0.05, 0.1) is 10.7 Å². The lowest BCUT2D eigenvalue weighted by Crippen LogP contribution is -1.97. The van der Waals surface area contributed by atoms with Crippen molar-refractivity contribution in [3.05, 3.63) is 29.5 Å². The van der Waals surface area contributed by atoms with Crippen LogP contribution < -0.4 is 5.73 Å². The zero-order valence-electron chi connectivity index (χ0n) is 6.55. The van der Waals surface area contributed by atoms with Crippen molar-refractivity contribution in [2.75, 3.05) is 5.73 Å². The van der Waals surface area contributed by atoms with Gasteiger partial charge in [-0.15, -0.1) is 5.10 Å². The largest absolute Gasteiger partial charge is 0.399 e. The van der Waals surface area contributed by atoms with Gasteiger partial charge in [0.1, 0.15) is 6.33 Å². The number of aromatic nitrogens is 4. The number of nitrogens with two attached hydrogens (primary N) is 1. The number of rotatable bonds is 1. The highest BCUT2D eigenvalue weighted by Crippen LogP contribution is 2.21. The predicted molar refractivity (Wildman–Crippen MR) is 48.6 cm³/mol. The van der Waals surface area contributed by atoms with E-state index in [0.717, 1.165) is 0 Å². The van der Waals surface area contributed by atoms with Crippen molar-refractivity contribution >= 4 is 17.3 Å². The number of tetrazole rings is 1. The number of nitrogen functional groups attached to an aromatic ring is 1. The third-order valence-electron chi connectivity index (χ3n) is 1.57. The fourth-order valence-corrected chi connectivity index (χ4v) is 1.18. The smallest absolute Gasteiger partial charge is 0.143 e. The van der Waals surface area contributed by atoms with E-state index in [1.165, 1.54) is 11.0 Å². The van der Waals surface area contributed by atoms with Gasteiger partial charge in [-0.05, 0) is 28.6 Å². The molecular formula is C7H6ClN5. The third kappa shape index (κ3) is 1.46. The molecular weight excluding hydrogens is 190 g/mol. The summed E-state index contributed by atoms with van der Waals surface area (Å²) in [5, 5.41) is 11.3. The van der Waals surface area contributed by atoms with Crippen molar-refractivity contribution in [1.82, 2.24) is 20.2 Å². The lowest BCUT2D eigenvalue weighted by molar-refractivity contribution is 0.789. The summed E-state index contributed by atoms with van der Waals surface area (Å²) in [4.78, 5) is 0. The maximum absolute atomic E-state index is 5.92. The summed E-state index contributed by atoms with van der Waals surface area (Å²) < 4.78 is 1.46. The molecule has 0 aliphatic heterocycles. The van der Waals surface area contributed by atoms with Gasteiger partial charge in [-0.3, -0.25) is 0 Å². The Hall–Kier alpha value is -1.62. The summed E-state index contributed by atoms with van der Waals surface area (Å²) in [6.07, 6.45) is 1.46. The second kappa shape index (κ2) is 3.02. The highest BCUT2D eigenvalue weighted by molar-refractivity contribution is 6.32. The van der Waals surface area contributed by atoms with Crippen LogP contribution >= 0.6 is 11.6 Å².